The number of hydrogen-bond acceptors (Lipinski definition) is 4. The zero-order valence-corrected chi connectivity index (χ0v) is 8.90. The van der Waals surface area contributed by atoms with E-state index in [9.17, 15) is 0 Å². The van der Waals surface area contributed by atoms with Crippen LogP contribution >= 0.6 is 0 Å². The fraction of sp³-hybridized carbons (Fsp3) is 0.444. The molecule has 1 saturated carbocycles. The second-order valence-corrected chi connectivity index (χ2v) is 5.30. The molecule has 0 aromatic carbocycles. The van der Waals surface area contributed by atoms with Crippen LogP contribution in [-0.2, 0) is 10.7 Å². The Morgan fingerprint density at radius 2 is 2.36 bits per heavy atom. The van der Waals surface area contributed by atoms with Crippen LogP contribution in [0.2, 0.25) is 0 Å². The van der Waals surface area contributed by atoms with E-state index in [0.29, 0.717) is 11.1 Å². The van der Waals surface area contributed by atoms with E-state index < -0.39 is 0 Å². The topological polar surface area (TPSA) is 74.8 Å². The molecule has 5 heteroatoms. The first-order valence-electron chi connectivity index (χ1n) is 4.60. The molecular weight excluding hydrogens is 196 g/mol. The molecule has 1 unspecified atom stereocenters. The molecule has 1 aliphatic rings. The van der Waals surface area contributed by atoms with Crippen molar-refractivity contribution in [3.8, 4) is 0 Å². The molecule has 0 spiro atoms. The highest BCUT2D eigenvalue weighted by Crippen LogP contribution is 2.32. The van der Waals surface area contributed by atoms with Crippen LogP contribution in [0.25, 0.3) is 0 Å². The Kier molecular flexibility index (Phi) is 2.52. The van der Waals surface area contributed by atoms with E-state index >= 15 is 0 Å². The monoisotopic (exact) mass is 210 g/mol. The van der Waals surface area contributed by atoms with E-state index in [0.717, 1.165) is 10.5 Å². The lowest BCUT2D eigenvalue weighted by Crippen LogP contribution is -2.09. The van der Waals surface area contributed by atoms with Crippen LogP contribution in [0.5, 0.6) is 0 Å². The average Bonchev–Trinajstić information content (AvgIpc) is 3.00. The number of rotatable bonds is 3. The Morgan fingerprint density at radius 1 is 1.64 bits per heavy atom. The molecule has 1 fully saturated rings. The number of hydrogen-bond donors (Lipinski definition) is 3. The summed E-state index contributed by atoms with van der Waals surface area (Å²) in [4.78, 5) is 5.20. The molecule has 14 heavy (non-hydrogen) atoms. The van der Waals surface area contributed by atoms with Crippen molar-refractivity contribution in [1.82, 2.24) is 4.98 Å². The Balaban J connectivity index is 2.29. The quantitative estimate of drug-likeness (QED) is 0.523. The number of hydrazine groups is 1. The predicted molar refractivity (Wildman–Crippen MR) is 58.2 cm³/mol. The normalized spacial score (nSPS) is 17.9. The van der Waals surface area contributed by atoms with Crippen molar-refractivity contribution in [3.63, 3.8) is 0 Å². The van der Waals surface area contributed by atoms with Crippen molar-refractivity contribution in [1.29, 1.82) is 4.78 Å². The van der Waals surface area contributed by atoms with Gasteiger partial charge in [0.1, 0.15) is 5.82 Å². The number of anilines is 1. The molecule has 4 nitrogen and oxygen atoms in total. The van der Waals surface area contributed by atoms with E-state index in [2.05, 4.69) is 10.4 Å². The minimum Gasteiger partial charge on any atom is -0.308 e. The lowest BCUT2D eigenvalue weighted by atomic mass is 10.3. The third kappa shape index (κ3) is 1.78. The van der Waals surface area contributed by atoms with Gasteiger partial charge in [0, 0.05) is 16.3 Å². The van der Waals surface area contributed by atoms with Crippen LogP contribution in [0, 0.1) is 11.7 Å². The number of nitrogen functional groups attached to an aromatic ring is 1. The largest absolute Gasteiger partial charge is 0.308 e. The van der Waals surface area contributed by atoms with Gasteiger partial charge < -0.3 is 5.43 Å². The molecule has 1 heterocycles. The van der Waals surface area contributed by atoms with Crippen molar-refractivity contribution in [2.75, 3.05) is 5.43 Å². The highest BCUT2D eigenvalue weighted by molar-refractivity contribution is 7.87. The average molecular weight is 210 g/mol. The summed E-state index contributed by atoms with van der Waals surface area (Å²) < 4.78 is 8.03. The first kappa shape index (κ1) is 9.61. The van der Waals surface area contributed by atoms with Gasteiger partial charge in [0.2, 0.25) is 0 Å². The molecule has 0 radical (unpaired) electrons. The number of pyridine rings is 1. The summed E-state index contributed by atoms with van der Waals surface area (Å²) in [5.74, 6) is 5.93. The molecule has 76 valence electrons. The Morgan fingerprint density at radius 3 is 2.86 bits per heavy atom. The maximum absolute atomic E-state index is 8.03. The molecule has 1 aliphatic carbocycles. The number of aryl methyl sites for hydroxylation is 1. The Labute approximate surface area is 85.8 Å². The van der Waals surface area contributed by atoms with Gasteiger partial charge in [-0.15, -0.1) is 0 Å². The van der Waals surface area contributed by atoms with Crippen LogP contribution in [0.4, 0.5) is 5.82 Å². The van der Waals surface area contributed by atoms with Gasteiger partial charge in [0.05, 0.1) is 0 Å². The SMILES string of the molecule is Cc1cc(NN)ncc1S(=N)C1CC1. The summed E-state index contributed by atoms with van der Waals surface area (Å²) in [6, 6.07) is 1.90. The van der Waals surface area contributed by atoms with Gasteiger partial charge in [-0.1, -0.05) is 10.7 Å². The molecular formula is C9H14N4S. The summed E-state index contributed by atoms with van der Waals surface area (Å²) in [6.07, 6.45) is 4.17. The first-order valence-corrected chi connectivity index (χ1v) is 5.88. The lowest BCUT2D eigenvalue weighted by molar-refractivity contribution is 1.13. The lowest BCUT2D eigenvalue weighted by Gasteiger charge is -2.08. The van der Waals surface area contributed by atoms with Gasteiger partial charge in [0.25, 0.3) is 0 Å². The van der Waals surface area contributed by atoms with Gasteiger partial charge in [0.15, 0.2) is 0 Å². The fourth-order valence-electron chi connectivity index (χ4n) is 1.34. The van der Waals surface area contributed by atoms with Gasteiger partial charge in [-0.3, -0.25) is 4.78 Å². The maximum atomic E-state index is 8.03. The van der Waals surface area contributed by atoms with Crippen LogP contribution < -0.4 is 11.3 Å². The Bertz CT molecular complexity index is 373. The van der Waals surface area contributed by atoms with Crippen molar-refractivity contribution in [2.45, 2.75) is 29.9 Å². The molecule has 4 N–H and O–H groups in total. The first-order chi connectivity index (χ1) is 6.72. The van der Waals surface area contributed by atoms with Crippen molar-refractivity contribution >= 4 is 16.5 Å². The molecule has 0 amide bonds. The van der Waals surface area contributed by atoms with Crippen molar-refractivity contribution in [2.24, 2.45) is 5.84 Å². The minimum atomic E-state index is -0.377. The van der Waals surface area contributed by atoms with Crippen molar-refractivity contribution < 1.29 is 0 Å². The number of nitrogens with one attached hydrogen (secondary N) is 2. The molecule has 1 atom stereocenters. The van der Waals surface area contributed by atoms with E-state index in [-0.39, 0.29) is 10.7 Å². The van der Waals surface area contributed by atoms with Crippen LogP contribution in [-0.4, -0.2) is 10.2 Å². The maximum Gasteiger partial charge on any atom is 0.140 e. The number of aromatic nitrogens is 1. The fourth-order valence-corrected chi connectivity index (χ4v) is 2.87. The summed E-state index contributed by atoms with van der Waals surface area (Å²) in [5, 5.41) is 0.576. The molecule has 0 bridgehead atoms. The highest BCUT2D eigenvalue weighted by Gasteiger charge is 2.27. The summed E-state index contributed by atoms with van der Waals surface area (Å²) in [5.41, 5.74) is 3.62. The molecule has 1 aromatic rings. The van der Waals surface area contributed by atoms with Crippen LogP contribution in [0.1, 0.15) is 18.4 Å². The molecule has 2 rings (SSSR count). The number of nitrogens with zero attached hydrogens (tertiary/aromatic N) is 1. The van der Waals surface area contributed by atoms with Gasteiger partial charge in [-0.05, 0) is 31.4 Å². The van der Waals surface area contributed by atoms with E-state index in [1.807, 2.05) is 13.0 Å². The van der Waals surface area contributed by atoms with Gasteiger partial charge in [-0.2, -0.15) is 0 Å². The molecule has 0 aliphatic heterocycles. The third-order valence-electron chi connectivity index (χ3n) is 2.31. The standard InChI is InChI=1S/C9H14N4S/c1-6-4-9(13-10)12-5-8(6)14(11)7-2-3-7/h4-5,7,11H,2-3,10H2,1H3,(H,12,13). The van der Waals surface area contributed by atoms with E-state index in [1.54, 1.807) is 6.20 Å². The summed E-state index contributed by atoms with van der Waals surface area (Å²) >= 11 is 0. The molecule has 0 saturated heterocycles. The number of nitrogens with two attached hydrogens (primary N) is 1. The van der Waals surface area contributed by atoms with E-state index in [4.69, 9.17) is 10.6 Å². The zero-order valence-electron chi connectivity index (χ0n) is 8.08. The summed E-state index contributed by atoms with van der Waals surface area (Å²) in [6.45, 7) is 2.01. The minimum absolute atomic E-state index is 0.377. The van der Waals surface area contributed by atoms with Gasteiger partial charge in [-0.25, -0.2) is 10.8 Å². The zero-order chi connectivity index (χ0) is 10.1. The van der Waals surface area contributed by atoms with Gasteiger partial charge >= 0.3 is 0 Å². The predicted octanol–water partition coefficient (Wildman–Crippen LogP) is 1.58. The molecule has 1 aromatic heterocycles. The van der Waals surface area contributed by atoms with Crippen molar-refractivity contribution in [3.05, 3.63) is 17.8 Å². The Hall–Kier alpha value is -0.940. The second-order valence-electron chi connectivity index (χ2n) is 3.52. The third-order valence-corrected chi connectivity index (χ3v) is 4.34. The summed E-state index contributed by atoms with van der Waals surface area (Å²) in [7, 11) is -0.377. The second kappa shape index (κ2) is 3.67. The van der Waals surface area contributed by atoms with E-state index in [1.165, 1.54) is 12.8 Å². The van der Waals surface area contributed by atoms with Crippen LogP contribution in [0.3, 0.4) is 0 Å². The highest BCUT2D eigenvalue weighted by atomic mass is 32.2. The smallest absolute Gasteiger partial charge is 0.140 e. The van der Waals surface area contributed by atoms with Crippen LogP contribution in [0.15, 0.2) is 17.2 Å².